The van der Waals surface area contributed by atoms with Crippen LogP contribution < -0.4 is 5.73 Å². The Balaban J connectivity index is 2.23. The molecular weight excluding hydrogens is 257 g/mol. The Kier molecular flexibility index (Phi) is 3.72. The molecule has 17 heavy (non-hydrogen) atoms. The fourth-order valence-electron chi connectivity index (χ4n) is 1.71. The molecule has 0 spiro atoms. The predicted octanol–water partition coefficient (Wildman–Crippen LogP) is 2.97. The molecule has 1 atom stereocenters. The first kappa shape index (κ1) is 12.4. The highest BCUT2D eigenvalue weighted by molar-refractivity contribution is 6.42. The average Bonchev–Trinajstić information content (AvgIpc) is 2.68. The number of halogens is 2. The van der Waals surface area contributed by atoms with Gasteiger partial charge in [0.15, 0.2) is 0 Å². The minimum atomic E-state index is -0.206. The summed E-state index contributed by atoms with van der Waals surface area (Å²) in [5, 5.41) is 1.05. The topological polar surface area (TPSA) is 43.8 Å². The number of nitrogens with zero attached hydrogens (tertiary/aromatic N) is 2. The Morgan fingerprint density at radius 1 is 1.41 bits per heavy atom. The fraction of sp³-hybridized carbons (Fsp3) is 0.250. The summed E-state index contributed by atoms with van der Waals surface area (Å²) in [5.41, 5.74) is 6.98. The van der Waals surface area contributed by atoms with E-state index in [2.05, 4.69) is 4.98 Å². The second-order valence-corrected chi connectivity index (χ2v) is 4.69. The highest BCUT2D eigenvalue weighted by Gasteiger charge is 2.14. The molecule has 0 saturated heterocycles. The zero-order chi connectivity index (χ0) is 12.4. The lowest BCUT2D eigenvalue weighted by molar-refractivity contribution is 0.660. The Morgan fingerprint density at radius 3 is 2.82 bits per heavy atom. The van der Waals surface area contributed by atoms with E-state index in [0.717, 1.165) is 11.4 Å². The smallest absolute Gasteiger partial charge is 0.110 e. The maximum absolute atomic E-state index is 6.13. The van der Waals surface area contributed by atoms with Crippen molar-refractivity contribution in [3.05, 3.63) is 52.0 Å². The Hall–Kier alpha value is -1.03. The summed E-state index contributed by atoms with van der Waals surface area (Å²) >= 11 is 12.1. The molecular formula is C12H13Cl2N3. The van der Waals surface area contributed by atoms with E-state index in [9.17, 15) is 0 Å². The number of rotatable bonds is 3. The molecule has 0 aliphatic heterocycles. The van der Waals surface area contributed by atoms with Crippen LogP contribution in [-0.2, 0) is 13.5 Å². The van der Waals surface area contributed by atoms with Gasteiger partial charge in [0.2, 0.25) is 0 Å². The highest BCUT2D eigenvalue weighted by Crippen LogP contribution is 2.30. The molecule has 0 saturated carbocycles. The lowest BCUT2D eigenvalue weighted by Gasteiger charge is -2.14. The van der Waals surface area contributed by atoms with E-state index < -0.39 is 0 Å². The van der Waals surface area contributed by atoms with Crippen molar-refractivity contribution in [3.63, 3.8) is 0 Å². The molecule has 0 radical (unpaired) electrons. The Labute approximate surface area is 110 Å². The maximum atomic E-state index is 6.13. The molecule has 2 aromatic rings. The molecule has 0 bridgehead atoms. The molecule has 0 fully saturated rings. The third kappa shape index (κ3) is 2.63. The van der Waals surface area contributed by atoms with E-state index in [1.807, 2.05) is 29.9 Å². The maximum Gasteiger partial charge on any atom is 0.110 e. The van der Waals surface area contributed by atoms with Gasteiger partial charge >= 0.3 is 0 Å². The Morgan fingerprint density at radius 2 is 2.18 bits per heavy atom. The largest absolute Gasteiger partial charge is 0.338 e. The van der Waals surface area contributed by atoms with Gasteiger partial charge in [-0.2, -0.15) is 0 Å². The molecule has 3 nitrogen and oxygen atoms in total. The molecule has 5 heteroatoms. The van der Waals surface area contributed by atoms with Gasteiger partial charge in [0.1, 0.15) is 5.82 Å². The number of aromatic nitrogens is 2. The van der Waals surface area contributed by atoms with Gasteiger partial charge in [0, 0.05) is 31.9 Å². The second kappa shape index (κ2) is 5.08. The van der Waals surface area contributed by atoms with Gasteiger partial charge in [0.25, 0.3) is 0 Å². The molecule has 1 aromatic heterocycles. The number of hydrogen-bond donors (Lipinski definition) is 1. The first-order valence-electron chi connectivity index (χ1n) is 5.25. The SMILES string of the molecule is Cn1ccnc1CC(N)c1cccc(Cl)c1Cl. The van der Waals surface area contributed by atoms with Crippen LogP contribution in [0.4, 0.5) is 0 Å². The standard InChI is InChI=1S/C12H13Cl2N3/c1-17-6-5-16-11(17)7-10(15)8-3-2-4-9(13)12(8)14/h2-6,10H,7,15H2,1H3. The van der Waals surface area contributed by atoms with Crippen LogP contribution in [-0.4, -0.2) is 9.55 Å². The number of imidazole rings is 1. The van der Waals surface area contributed by atoms with E-state index in [1.54, 1.807) is 12.3 Å². The lowest BCUT2D eigenvalue weighted by Crippen LogP contribution is -2.16. The normalized spacial score (nSPS) is 12.7. The predicted molar refractivity (Wildman–Crippen MR) is 70.3 cm³/mol. The minimum absolute atomic E-state index is 0.206. The third-order valence-corrected chi connectivity index (χ3v) is 3.54. The summed E-state index contributed by atoms with van der Waals surface area (Å²) < 4.78 is 1.94. The van der Waals surface area contributed by atoms with Crippen LogP contribution >= 0.6 is 23.2 Å². The quantitative estimate of drug-likeness (QED) is 0.931. The molecule has 1 aromatic carbocycles. The van der Waals surface area contributed by atoms with Crippen LogP contribution in [0, 0.1) is 0 Å². The average molecular weight is 270 g/mol. The summed E-state index contributed by atoms with van der Waals surface area (Å²) in [4.78, 5) is 4.24. The van der Waals surface area contributed by atoms with Gasteiger partial charge < -0.3 is 10.3 Å². The lowest BCUT2D eigenvalue weighted by atomic mass is 10.0. The molecule has 1 heterocycles. The number of benzene rings is 1. The van der Waals surface area contributed by atoms with Crippen LogP contribution in [0.5, 0.6) is 0 Å². The minimum Gasteiger partial charge on any atom is -0.338 e. The van der Waals surface area contributed by atoms with Crippen LogP contribution in [0.15, 0.2) is 30.6 Å². The molecule has 0 amide bonds. The molecule has 90 valence electrons. The summed E-state index contributed by atoms with van der Waals surface area (Å²) in [5.74, 6) is 0.925. The second-order valence-electron chi connectivity index (χ2n) is 3.91. The van der Waals surface area contributed by atoms with E-state index in [1.165, 1.54) is 0 Å². The van der Waals surface area contributed by atoms with Crippen molar-refractivity contribution in [2.45, 2.75) is 12.5 Å². The zero-order valence-electron chi connectivity index (χ0n) is 9.40. The molecule has 2 N–H and O–H groups in total. The van der Waals surface area contributed by atoms with Gasteiger partial charge in [-0.15, -0.1) is 0 Å². The fourth-order valence-corrected chi connectivity index (χ4v) is 2.15. The van der Waals surface area contributed by atoms with Crippen molar-refractivity contribution in [2.75, 3.05) is 0 Å². The molecule has 0 aliphatic rings. The van der Waals surface area contributed by atoms with Crippen LogP contribution in [0.25, 0.3) is 0 Å². The van der Waals surface area contributed by atoms with Crippen LogP contribution in [0.1, 0.15) is 17.4 Å². The summed E-state index contributed by atoms with van der Waals surface area (Å²) in [7, 11) is 1.94. The summed E-state index contributed by atoms with van der Waals surface area (Å²) in [6.07, 6.45) is 4.27. The van der Waals surface area contributed by atoms with Gasteiger partial charge in [-0.3, -0.25) is 0 Å². The number of nitrogens with two attached hydrogens (primary N) is 1. The van der Waals surface area contributed by atoms with E-state index in [4.69, 9.17) is 28.9 Å². The van der Waals surface area contributed by atoms with Crippen molar-refractivity contribution >= 4 is 23.2 Å². The number of hydrogen-bond acceptors (Lipinski definition) is 2. The zero-order valence-corrected chi connectivity index (χ0v) is 10.9. The highest BCUT2D eigenvalue weighted by atomic mass is 35.5. The van der Waals surface area contributed by atoms with Gasteiger partial charge in [-0.05, 0) is 11.6 Å². The van der Waals surface area contributed by atoms with Crippen molar-refractivity contribution in [1.29, 1.82) is 0 Å². The monoisotopic (exact) mass is 269 g/mol. The Bertz CT molecular complexity index is 522. The third-order valence-electron chi connectivity index (χ3n) is 2.70. The van der Waals surface area contributed by atoms with Crippen LogP contribution in [0.3, 0.4) is 0 Å². The van der Waals surface area contributed by atoms with Gasteiger partial charge in [-0.1, -0.05) is 35.3 Å². The summed E-state index contributed by atoms with van der Waals surface area (Å²) in [6, 6.07) is 5.28. The van der Waals surface area contributed by atoms with Crippen LogP contribution in [0.2, 0.25) is 10.0 Å². The van der Waals surface area contributed by atoms with Crippen molar-refractivity contribution < 1.29 is 0 Å². The first-order chi connectivity index (χ1) is 8.09. The van der Waals surface area contributed by atoms with E-state index in [0.29, 0.717) is 16.5 Å². The van der Waals surface area contributed by atoms with Gasteiger partial charge in [0.05, 0.1) is 10.0 Å². The molecule has 0 aliphatic carbocycles. The van der Waals surface area contributed by atoms with E-state index in [-0.39, 0.29) is 6.04 Å². The molecule has 2 rings (SSSR count). The van der Waals surface area contributed by atoms with Crippen molar-refractivity contribution in [1.82, 2.24) is 9.55 Å². The number of aryl methyl sites for hydroxylation is 1. The van der Waals surface area contributed by atoms with Crippen molar-refractivity contribution in [3.8, 4) is 0 Å². The van der Waals surface area contributed by atoms with Gasteiger partial charge in [-0.25, -0.2) is 4.98 Å². The van der Waals surface area contributed by atoms with E-state index >= 15 is 0 Å². The van der Waals surface area contributed by atoms with Crippen molar-refractivity contribution in [2.24, 2.45) is 12.8 Å². The summed E-state index contributed by atoms with van der Waals surface area (Å²) in [6.45, 7) is 0. The first-order valence-corrected chi connectivity index (χ1v) is 6.01. The molecule has 1 unspecified atom stereocenters.